The number of nitrogens with two attached hydrogens (primary N) is 1. The Hall–Kier alpha value is -0.730. The van der Waals surface area contributed by atoms with Crippen molar-refractivity contribution in [2.24, 2.45) is 0 Å². The highest BCUT2D eigenvalue weighted by molar-refractivity contribution is 6.33. The lowest BCUT2D eigenvalue weighted by atomic mass is 10.1. The predicted octanol–water partition coefficient (Wildman–Crippen LogP) is 2.11. The van der Waals surface area contributed by atoms with Crippen molar-refractivity contribution in [3.8, 4) is 0 Å². The number of methoxy groups -OCH3 is 1. The summed E-state index contributed by atoms with van der Waals surface area (Å²) in [7, 11) is 1.67. The number of hydrogen-bond donors (Lipinski definition) is 1. The molecular formula is C9H12ClNO. The minimum Gasteiger partial charge on any atom is -0.397 e. The molecule has 0 saturated heterocycles. The predicted molar refractivity (Wildman–Crippen MR) is 51.4 cm³/mol. The van der Waals surface area contributed by atoms with Gasteiger partial charge in [-0.1, -0.05) is 23.7 Å². The summed E-state index contributed by atoms with van der Waals surface area (Å²) in [5, 5.41) is 0.614. The van der Waals surface area contributed by atoms with E-state index in [0.29, 0.717) is 17.3 Å². The number of para-hydroxylation sites is 1. The molecule has 0 spiro atoms. The van der Waals surface area contributed by atoms with Gasteiger partial charge in [-0.05, 0) is 18.1 Å². The highest BCUT2D eigenvalue weighted by Gasteiger charge is 2.01. The topological polar surface area (TPSA) is 35.2 Å². The van der Waals surface area contributed by atoms with E-state index in [1.54, 1.807) is 13.2 Å². The second kappa shape index (κ2) is 4.33. The number of benzene rings is 1. The zero-order chi connectivity index (χ0) is 8.97. The van der Waals surface area contributed by atoms with Gasteiger partial charge in [-0.25, -0.2) is 0 Å². The first-order chi connectivity index (χ1) is 5.75. The van der Waals surface area contributed by atoms with E-state index < -0.39 is 0 Å². The second-order valence-corrected chi connectivity index (χ2v) is 2.96. The Balaban J connectivity index is 2.78. The van der Waals surface area contributed by atoms with Gasteiger partial charge in [-0.2, -0.15) is 0 Å². The van der Waals surface area contributed by atoms with E-state index in [1.807, 2.05) is 12.1 Å². The summed E-state index contributed by atoms with van der Waals surface area (Å²) in [5.41, 5.74) is 7.44. The van der Waals surface area contributed by atoms with Crippen LogP contribution in [0.1, 0.15) is 5.56 Å². The van der Waals surface area contributed by atoms with Gasteiger partial charge < -0.3 is 10.5 Å². The Morgan fingerprint density at radius 3 is 2.92 bits per heavy atom. The van der Waals surface area contributed by atoms with E-state index in [4.69, 9.17) is 22.1 Å². The van der Waals surface area contributed by atoms with Crippen molar-refractivity contribution >= 4 is 17.3 Å². The summed E-state index contributed by atoms with van der Waals surface area (Å²) in [6.07, 6.45) is 0.808. The van der Waals surface area contributed by atoms with Crippen LogP contribution in [-0.2, 0) is 11.2 Å². The third-order valence-corrected chi connectivity index (χ3v) is 2.05. The molecule has 1 aromatic carbocycles. The van der Waals surface area contributed by atoms with Crippen molar-refractivity contribution in [2.45, 2.75) is 6.42 Å². The van der Waals surface area contributed by atoms with E-state index in [2.05, 4.69) is 0 Å². The molecular weight excluding hydrogens is 174 g/mol. The molecule has 0 aromatic heterocycles. The quantitative estimate of drug-likeness (QED) is 0.733. The SMILES string of the molecule is COCCc1cccc(Cl)c1N. The molecule has 0 fully saturated rings. The average molecular weight is 186 g/mol. The molecule has 0 heterocycles. The molecule has 12 heavy (non-hydrogen) atoms. The van der Waals surface area contributed by atoms with Gasteiger partial charge in [0.1, 0.15) is 0 Å². The van der Waals surface area contributed by atoms with Crippen LogP contribution < -0.4 is 5.73 Å². The summed E-state index contributed by atoms with van der Waals surface area (Å²) in [6, 6.07) is 5.64. The molecule has 66 valence electrons. The second-order valence-electron chi connectivity index (χ2n) is 2.56. The highest BCUT2D eigenvalue weighted by Crippen LogP contribution is 2.22. The highest BCUT2D eigenvalue weighted by atomic mass is 35.5. The van der Waals surface area contributed by atoms with E-state index in [1.165, 1.54) is 0 Å². The minimum absolute atomic E-state index is 0.614. The van der Waals surface area contributed by atoms with Crippen LogP contribution in [0.5, 0.6) is 0 Å². The number of nitrogen functional groups attached to an aromatic ring is 1. The molecule has 0 amide bonds. The standard InChI is InChI=1S/C9H12ClNO/c1-12-6-5-7-3-2-4-8(10)9(7)11/h2-4H,5-6,11H2,1H3. The van der Waals surface area contributed by atoms with Crippen LogP contribution in [0, 0.1) is 0 Å². The number of halogens is 1. The molecule has 0 aliphatic carbocycles. The fourth-order valence-electron chi connectivity index (χ4n) is 1.01. The first kappa shape index (κ1) is 9.36. The Morgan fingerprint density at radius 2 is 2.25 bits per heavy atom. The van der Waals surface area contributed by atoms with Gasteiger partial charge in [-0.15, -0.1) is 0 Å². The maximum absolute atomic E-state index is 5.83. The maximum Gasteiger partial charge on any atom is 0.0638 e. The largest absolute Gasteiger partial charge is 0.397 e. The van der Waals surface area contributed by atoms with Crippen LogP contribution in [0.3, 0.4) is 0 Å². The normalized spacial score (nSPS) is 10.2. The molecule has 0 saturated carbocycles. The Bertz CT molecular complexity index is 263. The third kappa shape index (κ3) is 2.13. The van der Waals surface area contributed by atoms with Crippen LogP contribution in [0.2, 0.25) is 5.02 Å². The first-order valence-electron chi connectivity index (χ1n) is 3.77. The summed E-state index contributed by atoms with van der Waals surface area (Å²) in [4.78, 5) is 0. The zero-order valence-corrected chi connectivity index (χ0v) is 7.77. The number of hydrogen-bond acceptors (Lipinski definition) is 2. The Morgan fingerprint density at radius 1 is 1.50 bits per heavy atom. The molecule has 1 rings (SSSR count). The molecule has 0 radical (unpaired) electrons. The van der Waals surface area contributed by atoms with Crippen LogP contribution in [0.25, 0.3) is 0 Å². The van der Waals surface area contributed by atoms with Crippen LogP contribution in [0.15, 0.2) is 18.2 Å². The maximum atomic E-state index is 5.83. The molecule has 2 nitrogen and oxygen atoms in total. The number of ether oxygens (including phenoxy) is 1. The van der Waals surface area contributed by atoms with Gasteiger partial charge in [0, 0.05) is 7.11 Å². The Kier molecular flexibility index (Phi) is 3.38. The Labute approximate surface area is 77.3 Å². The van der Waals surface area contributed by atoms with E-state index in [9.17, 15) is 0 Å². The van der Waals surface area contributed by atoms with E-state index >= 15 is 0 Å². The zero-order valence-electron chi connectivity index (χ0n) is 7.01. The molecule has 3 heteroatoms. The molecule has 2 N–H and O–H groups in total. The fraction of sp³-hybridized carbons (Fsp3) is 0.333. The summed E-state index contributed by atoms with van der Waals surface area (Å²) >= 11 is 5.83. The molecule has 1 aromatic rings. The van der Waals surface area contributed by atoms with Gasteiger partial charge >= 0.3 is 0 Å². The van der Waals surface area contributed by atoms with Crippen molar-refractivity contribution in [3.05, 3.63) is 28.8 Å². The fourth-order valence-corrected chi connectivity index (χ4v) is 1.21. The summed E-state index contributed by atoms with van der Waals surface area (Å²) in [6.45, 7) is 0.671. The first-order valence-corrected chi connectivity index (χ1v) is 4.15. The smallest absolute Gasteiger partial charge is 0.0638 e. The molecule has 0 aliphatic heterocycles. The molecule has 0 atom stereocenters. The number of anilines is 1. The number of rotatable bonds is 3. The summed E-state index contributed by atoms with van der Waals surface area (Å²) < 4.78 is 4.94. The van der Waals surface area contributed by atoms with Crippen LogP contribution in [0.4, 0.5) is 5.69 Å². The molecule has 0 bridgehead atoms. The van der Waals surface area contributed by atoms with Crippen LogP contribution in [-0.4, -0.2) is 13.7 Å². The monoisotopic (exact) mass is 185 g/mol. The van der Waals surface area contributed by atoms with Crippen molar-refractivity contribution in [1.82, 2.24) is 0 Å². The van der Waals surface area contributed by atoms with Crippen molar-refractivity contribution in [2.75, 3.05) is 19.5 Å². The van der Waals surface area contributed by atoms with Crippen molar-refractivity contribution in [3.63, 3.8) is 0 Å². The molecule has 0 unspecified atom stereocenters. The van der Waals surface area contributed by atoms with Crippen LogP contribution >= 0.6 is 11.6 Å². The minimum atomic E-state index is 0.614. The summed E-state index contributed by atoms with van der Waals surface area (Å²) in [5.74, 6) is 0. The lowest BCUT2D eigenvalue weighted by molar-refractivity contribution is 0.202. The van der Waals surface area contributed by atoms with Gasteiger partial charge in [0.25, 0.3) is 0 Å². The van der Waals surface area contributed by atoms with Gasteiger partial charge in [0.05, 0.1) is 17.3 Å². The van der Waals surface area contributed by atoms with Crippen molar-refractivity contribution < 1.29 is 4.74 Å². The van der Waals surface area contributed by atoms with E-state index in [0.717, 1.165) is 12.0 Å². The van der Waals surface area contributed by atoms with E-state index in [-0.39, 0.29) is 0 Å². The average Bonchev–Trinajstić information content (AvgIpc) is 2.08. The molecule has 0 aliphatic rings. The lowest BCUT2D eigenvalue weighted by Gasteiger charge is -2.05. The third-order valence-electron chi connectivity index (χ3n) is 1.72. The van der Waals surface area contributed by atoms with Crippen molar-refractivity contribution in [1.29, 1.82) is 0 Å². The van der Waals surface area contributed by atoms with Gasteiger partial charge in [0.15, 0.2) is 0 Å². The van der Waals surface area contributed by atoms with Gasteiger partial charge in [-0.3, -0.25) is 0 Å². The lowest BCUT2D eigenvalue weighted by Crippen LogP contribution is -1.99. The van der Waals surface area contributed by atoms with Gasteiger partial charge in [0.2, 0.25) is 0 Å².